The zero-order valence-electron chi connectivity index (χ0n) is 11.2. The molecule has 0 radical (unpaired) electrons. The first kappa shape index (κ1) is 12.7. The van der Waals surface area contributed by atoms with Gasteiger partial charge in [0.15, 0.2) is 0 Å². The summed E-state index contributed by atoms with van der Waals surface area (Å²) in [6, 6.07) is 3.84. The lowest BCUT2D eigenvalue weighted by Crippen LogP contribution is -2.29. The van der Waals surface area contributed by atoms with Crippen LogP contribution >= 0.6 is 0 Å². The lowest BCUT2D eigenvalue weighted by atomic mass is 9.82. The van der Waals surface area contributed by atoms with Gasteiger partial charge in [-0.3, -0.25) is 4.79 Å². The van der Waals surface area contributed by atoms with Gasteiger partial charge in [0.25, 0.3) is 5.56 Å². The molecular weight excluding hydrogens is 240 g/mol. The fourth-order valence-corrected chi connectivity index (χ4v) is 3.90. The van der Waals surface area contributed by atoms with E-state index in [2.05, 4.69) is 0 Å². The van der Waals surface area contributed by atoms with Crippen LogP contribution in [0.25, 0.3) is 0 Å². The maximum atomic E-state index is 12.0. The average molecular weight is 262 g/mol. The Morgan fingerprint density at radius 1 is 1.53 bits per heavy atom. The summed E-state index contributed by atoms with van der Waals surface area (Å²) in [7, 11) is 0. The van der Waals surface area contributed by atoms with E-state index in [0.29, 0.717) is 23.8 Å². The average Bonchev–Trinajstić information content (AvgIpc) is 3.13. The van der Waals surface area contributed by atoms with Crippen LogP contribution in [0.1, 0.15) is 44.6 Å². The third kappa shape index (κ3) is 2.18. The van der Waals surface area contributed by atoms with Crippen molar-refractivity contribution in [1.29, 1.82) is 0 Å². The van der Waals surface area contributed by atoms with Crippen LogP contribution in [0.15, 0.2) is 23.1 Å². The predicted molar refractivity (Wildman–Crippen MR) is 74.9 cm³/mol. The van der Waals surface area contributed by atoms with E-state index in [0.717, 1.165) is 31.6 Å². The van der Waals surface area contributed by atoms with E-state index in [1.165, 1.54) is 12.8 Å². The van der Waals surface area contributed by atoms with Gasteiger partial charge in [0, 0.05) is 18.8 Å². The molecule has 0 amide bonds. The number of aliphatic hydroxyl groups is 1. The van der Waals surface area contributed by atoms with Crippen LogP contribution in [0.2, 0.25) is 0 Å². The van der Waals surface area contributed by atoms with E-state index >= 15 is 0 Å². The number of hydrogen-bond donors (Lipinski definition) is 2. The van der Waals surface area contributed by atoms with Crippen LogP contribution in [-0.4, -0.2) is 16.3 Å². The Bertz CT molecular complexity index is 525. The van der Waals surface area contributed by atoms with E-state index in [1.54, 1.807) is 6.07 Å². The second-order valence-electron chi connectivity index (χ2n) is 6.19. The molecule has 4 nitrogen and oxygen atoms in total. The smallest absolute Gasteiger partial charge is 0.273 e. The third-order valence-corrected chi connectivity index (χ3v) is 5.12. The quantitative estimate of drug-likeness (QED) is 0.871. The molecule has 0 spiro atoms. The number of pyridine rings is 1. The van der Waals surface area contributed by atoms with E-state index in [1.807, 2.05) is 16.8 Å². The van der Waals surface area contributed by atoms with Gasteiger partial charge < -0.3 is 15.4 Å². The number of nitrogens with zero attached hydrogens (tertiary/aromatic N) is 1. The first-order valence-corrected chi connectivity index (χ1v) is 7.24. The summed E-state index contributed by atoms with van der Waals surface area (Å²) in [6.07, 6.45) is 8.54. The van der Waals surface area contributed by atoms with Gasteiger partial charge in [-0.15, -0.1) is 0 Å². The second-order valence-corrected chi connectivity index (χ2v) is 6.19. The molecular formula is C15H22N2O2. The standard InChI is InChI=1S/C15H22N2O2/c16-13-3-1-7-17(14(13)19)12-4-6-15(5-2-8-18)10-11(15)9-12/h1,3,7,11-12,18H,2,4-6,8-10,16H2/t11?,12-,15-/m1/s1. The van der Waals surface area contributed by atoms with E-state index in [-0.39, 0.29) is 5.56 Å². The number of anilines is 1. The fraction of sp³-hybridized carbons (Fsp3) is 0.667. The van der Waals surface area contributed by atoms with Crippen LogP contribution in [0.3, 0.4) is 0 Å². The van der Waals surface area contributed by atoms with Gasteiger partial charge in [0.1, 0.15) is 0 Å². The van der Waals surface area contributed by atoms with Gasteiger partial charge in [-0.1, -0.05) is 0 Å². The van der Waals surface area contributed by atoms with Gasteiger partial charge >= 0.3 is 0 Å². The van der Waals surface area contributed by atoms with E-state index < -0.39 is 0 Å². The van der Waals surface area contributed by atoms with Crippen molar-refractivity contribution in [2.24, 2.45) is 11.3 Å². The van der Waals surface area contributed by atoms with Crippen LogP contribution in [-0.2, 0) is 0 Å². The third-order valence-electron chi connectivity index (χ3n) is 5.12. The molecule has 2 aliphatic carbocycles. The molecule has 0 aliphatic heterocycles. The summed E-state index contributed by atoms with van der Waals surface area (Å²) in [5, 5.41) is 8.97. The summed E-state index contributed by atoms with van der Waals surface area (Å²) in [4.78, 5) is 12.0. The molecule has 0 saturated heterocycles. The minimum absolute atomic E-state index is 0.0454. The van der Waals surface area contributed by atoms with Crippen molar-refractivity contribution in [2.75, 3.05) is 12.3 Å². The number of hydrogen-bond acceptors (Lipinski definition) is 3. The van der Waals surface area contributed by atoms with Crippen LogP contribution in [0.5, 0.6) is 0 Å². The van der Waals surface area contributed by atoms with Crippen LogP contribution in [0, 0.1) is 11.3 Å². The van der Waals surface area contributed by atoms with E-state index in [4.69, 9.17) is 10.8 Å². The van der Waals surface area contributed by atoms with Gasteiger partial charge in [-0.05, 0) is 62.0 Å². The Morgan fingerprint density at radius 2 is 2.37 bits per heavy atom. The predicted octanol–water partition coefficient (Wildman–Crippen LogP) is 1.93. The lowest BCUT2D eigenvalue weighted by Gasteiger charge is -2.29. The number of nitrogens with two attached hydrogens (primary N) is 1. The van der Waals surface area contributed by atoms with Gasteiger partial charge in [-0.2, -0.15) is 0 Å². The summed E-state index contributed by atoms with van der Waals surface area (Å²) >= 11 is 0. The highest BCUT2D eigenvalue weighted by atomic mass is 16.2. The first-order valence-electron chi connectivity index (χ1n) is 7.24. The molecule has 104 valence electrons. The molecule has 1 unspecified atom stereocenters. The van der Waals surface area contributed by atoms with Crippen molar-refractivity contribution in [1.82, 2.24) is 4.57 Å². The van der Waals surface area contributed by atoms with Crippen molar-refractivity contribution in [2.45, 2.75) is 44.6 Å². The summed E-state index contributed by atoms with van der Waals surface area (Å²) in [5.74, 6) is 0.742. The SMILES string of the molecule is Nc1cccn([C@@H]2CC[C@]3(CCCO)CC3C2)c1=O. The van der Waals surface area contributed by atoms with Crippen molar-refractivity contribution >= 4 is 5.69 Å². The van der Waals surface area contributed by atoms with E-state index in [9.17, 15) is 4.79 Å². The fourth-order valence-electron chi connectivity index (χ4n) is 3.90. The maximum Gasteiger partial charge on any atom is 0.273 e. The highest BCUT2D eigenvalue weighted by Crippen LogP contribution is 2.65. The molecule has 1 aromatic heterocycles. The maximum absolute atomic E-state index is 12.0. The second kappa shape index (κ2) is 4.67. The Hall–Kier alpha value is -1.29. The molecule has 3 N–H and O–H groups in total. The highest BCUT2D eigenvalue weighted by Gasteiger charge is 2.55. The molecule has 2 aliphatic rings. The molecule has 0 bridgehead atoms. The number of fused-ring (bicyclic) bond motifs is 1. The molecule has 1 aromatic rings. The molecule has 1 heterocycles. The first-order chi connectivity index (χ1) is 9.16. The lowest BCUT2D eigenvalue weighted by molar-refractivity contribution is 0.217. The van der Waals surface area contributed by atoms with Crippen molar-refractivity contribution in [3.8, 4) is 0 Å². The van der Waals surface area contributed by atoms with Gasteiger partial charge in [0.05, 0.1) is 5.69 Å². The highest BCUT2D eigenvalue weighted by molar-refractivity contribution is 5.33. The summed E-state index contributed by atoms with van der Waals surface area (Å²) < 4.78 is 1.82. The summed E-state index contributed by atoms with van der Waals surface area (Å²) in [5.41, 5.74) is 6.49. The summed E-state index contributed by atoms with van der Waals surface area (Å²) in [6.45, 7) is 0.298. The van der Waals surface area contributed by atoms with Crippen LogP contribution in [0.4, 0.5) is 5.69 Å². The van der Waals surface area contributed by atoms with Crippen molar-refractivity contribution < 1.29 is 5.11 Å². The zero-order valence-corrected chi connectivity index (χ0v) is 11.2. The van der Waals surface area contributed by atoms with Gasteiger partial charge in [-0.25, -0.2) is 0 Å². The number of nitrogen functional groups attached to an aromatic ring is 1. The number of aliphatic hydroxyl groups excluding tert-OH is 1. The monoisotopic (exact) mass is 262 g/mol. The Labute approximate surface area is 113 Å². The van der Waals surface area contributed by atoms with Crippen LogP contribution < -0.4 is 11.3 Å². The topological polar surface area (TPSA) is 68.2 Å². The Balaban J connectivity index is 1.71. The molecule has 2 saturated carbocycles. The number of aromatic nitrogens is 1. The zero-order chi connectivity index (χ0) is 13.5. The van der Waals surface area contributed by atoms with Crippen molar-refractivity contribution in [3.63, 3.8) is 0 Å². The molecule has 3 rings (SSSR count). The molecule has 4 heteroatoms. The molecule has 0 aromatic carbocycles. The largest absolute Gasteiger partial charge is 0.396 e. The minimum atomic E-state index is -0.0454. The number of rotatable bonds is 4. The minimum Gasteiger partial charge on any atom is -0.396 e. The van der Waals surface area contributed by atoms with Gasteiger partial charge in [0.2, 0.25) is 0 Å². The Kier molecular flexibility index (Phi) is 3.13. The van der Waals surface area contributed by atoms with Crippen molar-refractivity contribution in [3.05, 3.63) is 28.7 Å². The molecule has 19 heavy (non-hydrogen) atoms. The normalized spacial score (nSPS) is 32.9. The Morgan fingerprint density at radius 3 is 3.11 bits per heavy atom. The molecule has 3 atom stereocenters. The molecule has 2 fully saturated rings.